The maximum Gasteiger partial charge on any atom is 0.129 e. The Hall–Kier alpha value is -2.17. The monoisotopic (exact) mass is 285 g/mol. The van der Waals surface area contributed by atoms with Gasteiger partial charge >= 0.3 is 0 Å². The summed E-state index contributed by atoms with van der Waals surface area (Å²) in [4.78, 5) is 8.39. The number of aliphatic hydroxyl groups excluding tert-OH is 1. The molecule has 0 spiro atoms. The first-order valence-electron chi connectivity index (χ1n) is 6.10. The molecule has 4 nitrogen and oxygen atoms in total. The number of pyridine rings is 2. The van der Waals surface area contributed by atoms with Crippen LogP contribution in [0.4, 0.5) is 5.82 Å². The highest BCUT2D eigenvalue weighted by Gasteiger charge is 2.16. The first-order valence-corrected chi connectivity index (χ1v) is 6.47. The number of anilines is 1. The van der Waals surface area contributed by atoms with E-state index in [2.05, 4.69) is 9.97 Å². The van der Waals surface area contributed by atoms with Crippen LogP contribution in [0.25, 0.3) is 10.9 Å². The van der Waals surface area contributed by atoms with Gasteiger partial charge in [-0.15, -0.1) is 0 Å². The fourth-order valence-electron chi connectivity index (χ4n) is 2.08. The zero-order valence-corrected chi connectivity index (χ0v) is 11.2. The number of halogens is 1. The number of benzene rings is 1. The lowest BCUT2D eigenvalue weighted by Crippen LogP contribution is -2.07. The van der Waals surface area contributed by atoms with Crippen molar-refractivity contribution in [3.05, 3.63) is 64.9 Å². The Labute approximate surface area is 120 Å². The van der Waals surface area contributed by atoms with Crippen LogP contribution in [0, 0.1) is 0 Å². The van der Waals surface area contributed by atoms with E-state index < -0.39 is 6.10 Å². The molecule has 0 amide bonds. The lowest BCUT2D eigenvalue weighted by atomic mass is 10.1. The van der Waals surface area contributed by atoms with Crippen LogP contribution in [-0.2, 0) is 0 Å². The largest absolute Gasteiger partial charge is 0.383 e. The summed E-state index contributed by atoms with van der Waals surface area (Å²) < 4.78 is 0. The Morgan fingerprint density at radius 3 is 2.80 bits per heavy atom. The molecule has 5 heteroatoms. The van der Waals surface area contributed by atoms with Crippen molar-refractivity contribution in [1.29, 1.82) is 0 Å². The van der Waals surface area contributed by atoms with Gasteiger partial charge in [-0.25, -0.2) is 9.97 Å². The lowest BCUT2D eigenvalue weighted by molar-refractivity contribution is 0.216. The van der Waals surface area contributed by atoms with E-state index in [1.54, 1.807) is 12.1 Å². The van der Waals surface area contributed by atoms with Gasteiger partial charge in [0.2, 0.25) is 0 Å². The Balaban J connectivity index is 2.07. The molecule has 1 atom stereocenters. The number of nitrogens with zero attached hydrogens (tertiary/aromatic N) is 2. The molecule has 0 aliphatic rings. The number of fused-ring (bicyclic) bond motifs is 1. The van der Waals surface area contributed by atoms with Crippen molar-refractivity contribution in [3.63, 3.8) is 0 Å². The van der Waals surface area contributed by atoms with Gasteiger partial charge in [0.05, 0.1) is 16.2 Å². The van der Waals surface area contributed by atoms with Gasteiger partial charge in [0.1, 0.15) is 11.9 Å². The molecule has 3 rings (SSSR count). The first kappa shape index (κ1) is 12.8. The summed E-state index contributed by atoms with van der Waals surface area (Å²) in [5, 5.41) is 11.9. The average molecular weight is 286 g/mol. The summed E-state index contributed by atoms with van der Waals surface area (Å²) in [6.45, 7) is 0. The van der Waals surface area contributed by atoms with Crippen LogP contribution in [0.2, 0.25) is 5.02 Å². The van der Waals surface area contributed by atoms with Crippen molar-refractivity contribution >= 4 is 28.3 Å². The normalized spacial score (nSPS) is 12.5. The second-order valence-electron chi connectivity index (χ2n) is 4.46. The molecule has 0 aliphatic carbocycles. The number of aromatic nitrogens is 2. The van der Waals surface area contributed by atoms with Gasteiger partial charge in [0.15, 0.2) is 0 Å². The van der Waals surface area contributed by atoms with Crippen molar-refractivity contribution < 1.29 is 5.11 Å². The molecular formula is C15H12ClN3O. The number of nitrogen functional groups attached to an aromatic ring is 1. The van der Waals surface area contributed by atoms with E-state index in [1.807, 2.05) is 30.3 Å². The molecule has 0 saturated carbocycles. The minimum Gasteiger partial charge on any atom is -0.383 e. The molecule has 3 aromatic rings. The zero-order chi connectivity index (χ0) is 14.1. The summed E-state index contributed by atoms with van der Waals surface area (Å²) in [7, 11) is 0. The Kier molecular flexibility index (Phi) is 3.26. The second kappa shape index (κ2) is 5.07. The average Bonchev–Trinajstić information content (AvgIpc) is 2.48. The highest BCUT2D eigenvalue weighted by molar-refractivity contribution is 6.30. The van der Waals surface area contributed by atoms with Gasteiger partial charge in [0, 0.05) is 17.1 Å². The van der Waals surface area contributed by atoms with Gasteiger partial charge in [-0.3, -0.25) is 0 Å². The van der Waals surface area contributed by atoms with Gasteiger partial charge in [-0.05, 0) is 18.2 Å². The molecule has 0 radical (unpaired) electrons. The predicted octanol–water partition coefficient (Wildman–Crippen LogP) is 2.95. The molecule has 2 heterocycles. The number of aliphatic hydroxyl groups is 1. The van der Waals surface area contributed by atoms with Gasteiger partial charge in [0.25, 0.3) is 0 Å². The molecule has 2 aromatic heterocycles. The minimum absolute atomic E-state index is 0.247. The summed E-state index contributed by atoms with van der Waals surface area (Å²) in [6, 6.07) is 13.0. The molecule has 3 N–H and O–H groups in total. The summed E-state index contributed by atoms with van der Waals surface area (Å²) in [5.41, 5.74) is 7.57. The summed E-state index contributed by atoms with van der Waals surface area (Å²) >= 11 is 5.89. The number of nitrogens with two attached hydrogens (primary N) is 1. The van der Waals surface area contributed by atoms with E-state index in [1.165, 1.54) is 6.20 Å². The third kappa shape index (κ3) is 2.31. The summed E-state index contributed by atoms with van der Waals surface area (Å²) in [5.74, 6) is 0.247. The van der Waals surface area contributed by atoms with Gasteiger partial charge in [-0.1, -0.05) is 35.9 Å². The van der Waals surface area contributed by atoms with E-state index in [0.29, 0.717) is 16.3 Å². The molecule has 20 heavy (non-hydrogen) atoms. The third-order valence-electron chi connectivity index (χ3n) is 3.11. The Bertz CT molecular complexity index is 776. The molecule has 100 valence electrons. The van der Waals surface area contributed by atoms with E-state index in [9.17, 15) is 5.11 Å². The molecular weight excluding hydrogens is 274 g/mol. The lowest BCUT2D eigenvalue weighted by Gasteiger charge is -2.13. The predicted molar refractivity (Wildman–Crippen MR) is 79.5 cm³/mol. The zero-order valence-electron chi connectivity index (χ0n) is 10.5. The molecule has 0 bridgehead atoms. The summed E-state index contributed by atoms with van der Waals surface area (Å²) in [6.07, 6.45) is 0.492. The van der Waals surface area contributed by atoms with Gasteiger partial charge < -0.3 is 10.8 Å². The van der Waals surface area contributed by atoms with Crippen molar-refractivity contribution in [3.8, 4) is 0 Å². The molecule has 1 aromatic carbocycles. The highest BCUT2D eigenvalue weighted by Crippen LogP contribution is 2.27. The van der Waals surface area contributed by atoms with Crippen LogP contribution >= 0.6 is 11.6 Å². The number of para-hydroxylation sites is 1. The molecule has 0 fully saturated rings. The molecule has 0 aliphatic heterocycles. The number of rotatable bonds is 2. The molecule has 0 saturated heterocycles. The fraction of sp³-hybridized carbons (Fsp3) is 0.0667. The van der Waals surface area contributed by atoms with Crippen LogP contribution in [0.3, 0.4) is 0 Å². The quantitative estimate of drug-likeness (QED) is 0.759. The van der Waals surface area contributed by atoms with Crippen LogP contribution in [-0.4, -0.2) is 15.1 Å². The van der Waals surface area contributed by atoms with Crippen molar-refractivity contribution in [1.82, 2.24) is 9.97 Å². The SMILES string of the molecule is Nc1ncc(Cl)cc1C(O)c1ccc2ccccc2n1. The Morgan fingerprint density at radius 2 is 1.95 bits per heavy atom. The standard InChI is InChI=1S/C15H12ClN3O/c16-10-7-11(15(17)18-8-10)14(20)13-6-5-9-3-1-2-4-12(9)19-13/h1-8,14,20H,(H2,17,18). The van der Waals surface area contributed by atoms with Crippen LogP contribution in [0.15, 0.2) is 48.7 Å². The van der Waals surface area contributed by atoms with E-state index in [0.717, 1.165) is 10.9 Å². The first-order chi connectivity index (χ1) is 9.65. The molecule has 1 unspecified atom stereocenters. The van der Waals surface area contributed by atoms with Gasteiger partial charge in [-0.2, -0.15) is 0 Å². The minimum atomic E-state index is -0.953. The van der Waals surface area contributed by atoms with Crippen molar-refractivity contribution in [2.45, 2.75) is 6.10 Å². The van der Waals surface area contributed by atoms with Crippen molar-refractivity contribution in [2.24, 2.45) is 0 Å². The van der Waals surface area contributed by atoms with Crippen LogP contribution < -0.4 is 5.73 Å². The van der Waals surface area contributed by atoms with E-state index in [4.69, 9.17) is 17.3 Å². The topological polar surface area (TPSA) is 72.0 Å². The number of hydrogen-bond acceptors (Lipinski definition) is 4. The highest BCUT2D eigenvalue weighted by atomic mass is 35.5. The van der Waals surface area contributed by atoms with Crippen LogP contribution in [0.1, 0.15) is 17.4 Å². The van der Waals surface area contributed by atoms with Crippen molar-refractivity contribution in [2.75, 3.05) is 5.73 Å². The number of hydrogen-bond donors (Lipinski definition) is 2. The third-order valence-corrected chi connectivity index (χ3v) is 3.32. The smallest absolute Gasteiger partial charge is 0.129 e. The van der Waals surface area contributed by atoms with E-state index >= 15 is 0 Å². The maximum absolute atomic E-state index is 10.4. The van der Waals surface area contributed by atoms with E-state index in [-0.39, 0.29) is 5.82 Å². The Morgan fingerprint density at radius 1 is 1.15 bits per heavy atom. The maximum atomic E-state index is 10.4. The fourth-order valence-corrected chi connectivity index (χ4v) is 2.24. The second-order valence-corrected chi connectivity index (χ2v) is 4.90. The van der Waals surface area contributed by atoms with Crippen LogP contribution in [0.5, 0.6) is 0 Å².